The zero-order chi connectivity index (χ0) is 11.7. The van der Waals surface area contributed by atoms with Crippen LogP contribution in [0.15, 0.2) is 29.3 Å². The van der Waals surface area contributed by atoms with Crippen molar-refractivity contribution in [2.45, 2.75) is 12.0 Å². The standard InChI is InChI=1S/C12H14N2O3.ClH/c1-15-12(13-6-7-14-12)11-8-16-9-4-2-3-5-10(9)17-11;/h2-6,11,14H,7-8H2,1H3;1H. The van der Waals surface area contributed by atoms with Crippen LogP contribution in [-0.4, -0.2) is 38.4 Å². The molecular weight excluding hydrogens is 256 g/mol. The third-order valence-corrected chi connectivity index (χ3v) is 2.99. The van der Waals surface area contributed by atoms with Crippen LogP contribution in [0.3, 0.4) is 0 Å². The van der Waals surface area contributed by atoms with Gasteiger partial charge in [-0.15, -0.1) is 12.4 Å². The number of aliphatic imine (C=N–C) groups is 1. The van der Waals surface area contributed by atoms with Crippen molar-refractivity contribution in [3.8, 4) is 11.5 Å². The average Bonchev–Trinajstić information content (AvgIpc) is 2.88. The van der Waals surface area contributed by atoms with Crippen LogP contribution in [0.2, 0.25) is 0 Å². The Morgan fingerprint density at radius 1 is 1.39 bits per heavy atom. The van der Waals surface area contributed by atoms with Crippen molar-refractivity contribution in [3.63, 3.8) is 0 Å². The van der Waals surface area contributed by atoms with Crippen LogP contribution in [0.25, 0.3) is 0 Å². The van der Waals surface area contributed by atoms with Crippen molar-refractivity contribution in [1.82, 2.24) is 5.32 Å². The first kappa shape index (κ1) is 13.1. The van der Waals surface area contributed by atoms with Gasteiger partial charge in [-0.2, -0.15) is 0 Å². The van der Waals surface area contributed by atoms with Gasteiger partial charge in [0.1, 0.15) is 6.61 Å². The van der Waals surface area contributed by atoms with Crippen LogP contribution in [0.1, 0.15) is 0 Å². The van der Waals surface area contributed by atoms with Crippen molar-refractivity contribution in [1.29, 1.82) is 0 Å². The number of nitrogens with zero attached hydrogens (tertiary/aromatic N) is 1. The zero-order valence-electron chi connectivity index (χ0n) is 9.96. The number of fused-ring (bicyclic) bond motifs is 1. The van der Waals surface area contributed by atoms with Crippen molar-refractivity contribution in [2.75, 3.05) is 20.3 Å². The molecule has 0 saturated heterocycles. The first-order chi connectivity index (χ1) is 8.34. The van der Waals surface area contributed by atoms with Crippen LogP contribution in [0.5, 0.6) is 11.5 Å². The Morgan fingerprint density at radius 2 is 2.17 bits per heavy atom. The van der Waals surface area contributed by atoms with Gasteiger partial charge in [0.25, 0.3) is 5.85 Å². The fourth-order valence-corrected chi connectivity index (χ4v) is 2.08. The van der Waals surface area contributed by atoms with E-state index in [2.05, 4.69) is 10.3 Å². The first-order valence-corrected chi connectivity index (χ1v) is 5.56. The van der Waals surface area contributed by atoms with E-state index in [4.69, 9.17) is 14.2 Å². The van der Waals surface area contributed by atoms with Gasteiger partial charge in [-0.3, -0.25) is 5.32 Å². The number of methoxy groups -OCH3 is 1. The summed E-state index contributed by atoms with van der Waals surface area (Å²) in [4.78, 5) is 4.32. The molecule has 6 heteroatoms. The predicted octanol–water partition coefficient (Wildman–Crippen LogP) is 1.22. The maximum absolute atomic E-state index is 5.88. The summed E-state index contributed by atoms with van der Waals surface area (Å²) in [7, 11) is 1.61. The molecule has 0 amide bonds. The highest BCUT2D eigenvalue weighted by molar-refractivity contribution is 5.85. The Morgan fingerprint density at radius 3 is 2.83 bits per heavy atom. The number of ether oxygens (including phenoxy) is 3. The molecule has 1 aromatic carbocycles. The van der Waals surface area contributed by atoms with Gasteiger partial charge in [-0.05, 0) is 12.1 Å². The summed E-state index contributed by atoms with van der Waals surface area (Å²) in [5.74, 6) is 0.661. The van der Waals surface area contributed by atoms with Crippen LogP contribution in [0, 0.1) is 0 Å². The van der Waals surface area contributed by atoms with E-state index >= 15 is 0 Å². The third-order valence-electron chi connectivity index (χ3n) is 2.99. The van der Waals surface area contributed by atoms with Crippen LogP contribution in [0.4, 0.5) is 0 Å². The number of benzene rings is 1. The van der Waals surface area contributed by atoms with Crippen LogP contribution < -0.4 is 14.8 Å². The molecular formula is C12H15ClN2O3. The topological polar surface area (TPSA) is 52.1 Å². The second kappa shape index (κ2) is 5.14. The number of hydrogen-bond acceptors (Lipinski definition) is 5. The number of hydrogen-bond donors (Lipinski definition) is 1. The molecule has 3 rings (SSSR count). The molecule has 18 heavy (non-hydrogen) atoms. The zero-order valence-corrected chi connectivity index (χ0v) is 10.8. The van der Waals surface area contributed by atoms with Gasteiger partial charge in [0.2, 0.25) is 0 Å². The molecule has 2 aliphatic heterocycles. The molecule has 0 bridgehead atoms. The Bertz CT molecular complexity index is 455. The van der Waals surface area contributed by atoms with Crippen LogP contribution in [-0.2, 0) is 4.74 Å². The molecule has 5 nitrogen and oxygen atoms in total. The van der Waals surface area contributed by atoms with E-state index in [1.54, 1.807) is 13.3 Å². The molecule has 0 aromatic heterocycles. The summed E-state index contributed by atoms with van der Waals surface area (Å²) in [6.45, 7) is 1.09. The van der Waals surface area contributed by atoms with Crippen molar-refractivity contribution >= 4 is 18.6 Å². The lowest BCUT2D eigenvalue weighted by molar-refractivity contribution is -0.120. The lowest BCUT2D eigenvalue weighted by Gasteiger charge is -2.36. The highest BCUT2D eigenvalue weighted by Crippen LogP contribution is 2.34. The van der Waals surface area contributed by atoms with E-state index in [1.165, 1.54) is 0 Å². The molecule has 0 saturated carbocycles. The monoisotopic (exact) mass is 270 g/mol. The molecule has 0 fully saturated rings. The summed E-state index contributed by atoms with van der Waals surface area (Å²) in [5, 5.41) is 3.17. The highest BCUT2D eigenvalue weighted by Gasteiger charge is 2.44. The molecule has 2 aliphatic rings. The molecule has 2 atom stereocenters. The van der Waals surface area contributed by atoms with E-state index < -0.39 is 5.85 Å². The third kappa shape index (κ3) is 2.05. The van der Waals surface area contributed by atoms with Gasteiger partial charge in [0, 0.05) is 19.9 Å². The van der Waals surface area contributed by atoms with E-state index in [0.29, 0.717) is 13.2 Å². The molecule has 0 aliphatic carbocycles. The van der Waals surface area contributed by atoms with E-state index in [0.717, 1.165) is 11.5 Å². The fourth-order valence-electron chi connectivity index (χ4n) is 2.08. The lowest BCUT2D eigenvalue weighted by Crippen LogP contribution is -2.57. The summed E-state index contributed by atoms with van der Waals surface area (Å²) in [6, 6.07) is 7.59. The Hall–Kier alpha value is -1.30. The molecule has 0 spiro atoms. The minimum absolute atomic E-state index is 0. The van der Waals surface area contributed by atoms with Gasteiger partial charge in [0.15, 0.2) is 17.6 Å². The minimum atomic E-state index is -0.826. The highest BCUT2D eigenvalue weighted by atomic mass is 35.5. The van der Waals surface area contributed by atoms with E-state index in [-0.39, 0.29) is 18.5 Å². The van der Waals surface area contributed by atoms with E-state index in [9.17, 15) is 0 Å². The smallest absolute Gasteiger partial charge is 0.257 e. The second-order valence-electron chi connectivity index (χ2n) is 3.96. The predicted molar refractivity (Wildman–Crippen MR) is 69.8 cm³/mol. The molecule has 2 heterocycles. The normalized spacial score (nSPS) is 28.8. The van der Waals surface area contributed by atoms with Gasteiger partial charge in [-0.25, -0.2) is 4.99 Å². The second-order valence-corrected chi connectivity index (χ2v) is 3.96. The first-order valence-electron chi connectivity index (χ1n) is 5.56. The summed E-state index contributed by atoms with van der Waals surface area (Å²) >= 11 is 0. The maximum atomic E-state index is 5.88. The molecule has 0 radical (unpaired) electrons. The van der Waals surface area contributed by atoms with Crippen LogP contribution >= 0.6 is 12.4 Å². The summed E-state index contributed by atoms with van der Waals surface area (Å²) < 4.78 is 17.0. The van der Waals surface area contributed by atoms with Gasteiger partial charge in [0.05, 0.1) is 0 Å². The molecule has 2 unspecified atom stereocenters. The maximum Gasteiger partial charge on any atom is 0.257 e. The van der Waals surface area contributed by atoms with Gasteiger partial charge >= 0.3 is 0 Å². The van der Waals surface area contributed by atoms with Gasteiger partial charge in [-0.1, -0.05) is 12.1 Å². The van der Waals surface area contributed by atoms with Crippen molar-refractivity contribution in [2.24, 2.45) is 4.99 Å². The van der Waals surface area contributed by atoms with Gasteiger partial charge < -0.3 is 14.2 Å². The molecule has 1 N–H and O–H groups in total. The Kier molecular flexibility index (Phi) is 3.75. The Labute approximate surface area is 112 Å². The molecule has 98 valence electrons. The largest absolute Gasteiger partial charge is 0.486 e. The van der Waals surface area contributed by atoms with E-state index in [1.807, 2.05) is 24.3 Å². The molecule has 1 aromatic rings. The average molecular weight is 271 g/mol. The lowest BCUT2D eigenvalue weighted by atomic mass is 10.2. The SMILES string of the molecule is COC1(C2COc3ccccc3O2)N=CCN1.Cl. The summed E-state index contributed by atoms with van der Waals surface area (Å²) in [6.07, 6.45) is 1.49. The number of rotatable bonds is 2. The van der Waals surface area contributed by atoms with Crippen molar-refractivity contribution < 1.29 is 14.2 Å². The summed E-state index contributed by atoms with van der Waals surface area (Å²) in [5.41, 5.74) is 0. The fraction of sp³-hybridized carbons (Fsp3) is 0.417. The number of nitrogens with one attached hydrogen (secondary N) is 1. The number of para-hydroxylation sites is 2. The minimum Gasteiger partial charge on any atom is -0.486 e. The Balaban J connectivity index is 0.00000120. The quantitative estimate of drug-likeness (QED) is 0.878. The number of halogens is 1. The van der Waals surface area contributed by atoms with Crippen molar-refractivity contribution in [3.05, 3.63) is 24.3 Å².